The number of aliphatic carboxylic acids is 1. The van der Waals surface area contributed by atoms with Crippen LogP contribution in [0, 0.1) is 29.6 Å². The van der Waals surface area contributed by atoms with Gasteiger partial charge in [0.05, 0.1) is 64.0 Å². The summed E-state index contributed by atoms with van der Waals surface area (Å²) < 4.78 is 27.1. The lowest BCUT2D eigenvalue weighted by Gasteiger charge is -2.22. The van der Waals surface area contributed by atoms with Crippen LogP contribution in [-0.4, -0.2) is 174 Å². The highest BCUT2D eigenvalue weighted by molar-refractivity contribution is 8.00. The molecule has 0 aliphatic carbocycles. The molecule has 1 unspecified atom stereocenters. The highest BCUT2D eigenvalue weighted by Crippen LogP contribution is 2.28. The van der Waals surface area contributed by atoms with Crippen molar-refractivity contribution in [1.82, 2.24) is 25.8 Å². The van der Waals surface area contributed by atoms with Crippen LogP contribution in [0.15, 0.2) is 24.3 Å². The third-order valence-electron chi connectivity index (χ3n) is 13.5. The molecular weight excluding hydrogens is 1110 g/mol. The number of nitrogens with zero attached hydrogens (tertiary/aromatic N) is 1. The SMILES string of the molecule is CC(C)C(=O)CCOCCOCCOCCOCCNC(=O)[C@H](CCC(=O)O)NC(=O)[C@@H](C)CSC1CC(=O)N(CCCCCC(=O)N[SiH2][C@H](C(=O)CC[C@@H](CCCNC(N)=O)C(=O)Nc2ccc(COC(=O)C(C)C)cc2)C(C)C)C1=O. The maximum absolute atomic E-state index is 13.6. The molecule has 0 bridgehead atoms. The zero-order valence-corrected chi connectivity index (χ0v) is 52.0. The van der Waals surface area contributed by atoms with Gasteiger partial charge in [0.1, 0.15) is 33.9 Å². The molecule has 1 fully saturated rings. The molecule has 5 atom stereocenters. The monoisotopic (exact) mass is 1210 g/mol. The van der Waals surface area contributed by atoms with Gasteiger partial charge >= 0.3 is 18.0 Å². The number of amides is 8. The Bertz CT molecular complexity index is 2220. The maximum Gasteiger partial charge on any atom is 0.312 e. The van der Waals surface area contributed by atoms with Crippen LogP contribution in [0.1, 0.15) is 131 Å². The third-order valence-corrected chi connectivity index (χ3v) is 17.4. The summed E-state index contributed by atoms with van der Waals surface area (Å²) in [7, 11) is -1.41. The number of hydrogen-bond acceptors (Lipinski definition) is 17. The van der Waals surface area contributed by atoms with Crippen molar-refractivity contribution in [3.63, 3.8) is 0 Å². The molecule has 0 aromatic heterocycles. The van der Waals surface area contributed by atoms with Crippen LogP contribution in [0.2, 0.25) is 5.54 Å². The van der Waals surface area contributed by atoms with Crippen LogP contribution in [0.5, 0.6) is 0 Å². The second-order valence-electron chi connectivity index (χ2n) is 21.5. The largest absolute Gasteiger partial charge is 0.481 e. The molecule has 8 amide bonds. The number of hydrogen-bond donors (Lipinski definition) is 7. The summed E-state index contributed by atoms with van der Waals surface area (Å²) in [6, 6.07) is 5.09. The van der Waals surface area contributed by atoms with Gasteiger partial charge in [-0.05, 0) is 62.1 Å². The number of esters is 1. The van der Waals surface area contributed by atoms with E-state index in [0.717, 1.165) is 17.3 Å². The Balaban J connectivity index is 1.73. The van der Waals surface area contributed by atoms with Crippen molar-refractivity contribution in [1.29, 1.82) is 0 Å². The number of anilines is 1. The summed E-state index contributed by atoms with van der Waals surface area (Å²) in [5.41, 5.74) is 6.13. The molecule has 2 rings (SSSR count). The fourth-order valence-electron chi connectivity index (χ4n) is 8.28. The Morgan fingerprint density at radius 2 is 1.33 bits per heavy atom. The number of nitrogens with two attached hydrogens (primary N) is 1. The zero-order chi connectivity index (χ0) is 61.7. The number of primary amides is 1. The van der Waals surface area contributed by atoms with Gasteiger partial charge < -0.3 is 60.8 Å². The van der Waals surface area contributed by atoms with Gasteiger partial charge in [-0.3, -0.25) is 52.8 Å². The first-order valence-corrected chi connectivity index (χ1v) is 31.6. The topological polar surface area (TPSA) is 344 Å². The number of nitrogens with one attached hydrogen (secondary N) is 5. The molecule has 1 heterocycles. The van der Waals surface area contributed by atoms with Crippen LogP contribution in [0.25, 0.3) is 0 Å². The number of likely N-dealkylation sites (tertiary alicyclic amines) is 1. The zero-order valence-electron chi connectivity index (χ0n) is 49.7. The number of rotatable bonds is 47. The lowest BCUT2D eigenvalue weighted by Crippen LogP contribution is -2.49. The summed E-state index contributed by atoms with van der Waals surface area (Å²) in [5.74, 6) is -5.03. The Morgan fingerprint density at radius 1 is 0.687 bits per heavy atom. The molecule has 0 saturated carbocycles. The summed E-state index contributed by atoms with van der Waals surface area (Å²) in [5, 5.41) is 19.3. The third kappa shape index (κ3) is 32.2. The van der Waals surface area contributed by atoms with E-state index in [4.69, 9.17) is 29.4 Å². The van der Waals surface area contributed by atoms with Crippen molar-refractivity contribution in [2.45, 2.75) is 149 Å². The number of ketones is 2. The van der Waals surface area contributed by atoms with Crippen molar-refractivity contribution in [2.24, 2.45) is 35.3 Å². The standard InChI is InChI=1S/C57H93N7O17SSi/c1-37(2)45(65)22-26-77-28-30-79-32-33-80-31-29-78-27-24-59-54(73)44(19-21-50(69)70)62-52(71)40(7)36-82-47-34-49(68)64(55(47)74)25-10-8-9-13-48(67)63-83-51(38(3)4)46(66)20-16-42(12-11-23-60-57(58)76)53(72)61-43-17-14-41(15-18-43)35-81-56(75)39(5)6/h14-15,17-18,37-40,42,44,47,51H,8-13,16,19-36,83H2,1-7H3,(H,59,73)(H,61,72)(H,62,71)(H,63,67)(H,69,70)(H3,58,60,76)/t40-,42+,44-,47?,51-/m0/s1. The first kappa shape index (κ1) is 73.3. The molecule has 83 heavy (non-hydrogen) atoms. The average molecular weight is 1210 g/mol. The molecule has 468 valence electrons. The van der Waals surface area contributed by atoms with Gasteiger partial charge in [-0.1, -0.05) is 67.0 Å². The molecule has 8 N–H and O–H groups in total. The highest BCUT2D eigenvalue weighted by Gasteiger charge is 2.39. The van der Waals surface area contributed by atoms with Gasteiger partial charge in [-0.2, -0.15) is 0 Å². The normalized spacial score (nSPS) is 14.9. The van der Waals surface area contributed by atoms with E-state index in [0.29, 0.717) is 77.2 Å². The molecule has 24 nitrogen and oxygen atoms in total. The summed E-state index contributed by atoms with van der Waals surface area (Å²) in [4.78, 5) is 143. The number of carbonyl (C=O) groups excluding carboxylic acids is 10. The van der Waals surface area contributed by atoms with Gasteiger partial charge in [0, 0.05) is 86.5 Å². The van der Waals surface area contributed by atoms with E-state index in [-0.39, 0.29) is 155 Å². The van der Waals surface area contributed by atoms with Crippen molar-refractivity contribution in [3.8, 4) is 0 Å². The number of benzene rings is 1. The van der Waals surface area contributed by atoms with Crippen molar-refractivity contribution in [3.05, 3.63) is 29.8 Å². The van der Waals surface area contributed by atoms with Gasteiger partial charge in [0.15, 0.2) is 0 Å². The first-order chi connectivity index (χ1) is 39.5. The van der Waals surface area contributed by atoms with Crippen molar-refractivity contribution in [2.75, 3.05) is 83.6 Å². The fourth-order valence-corrected chi connectivity index (χ4v) is 11.0. The minimum absolute atomic E-state index is 0.0102. The maximum atomic E-state index is 13.6. The summed E-state index contributed by atoms with van der Waals surface area (Å²) >= 11 is 1.16. The van der Waals surface area contributed by atoms with E-state index in [9.17, 15) is 57.8 Å². The molecule has 0 spiro atoms. The minimum atomic E-state index is -1.41. The minimum Gasteiger partial charge on any atom is -0.481 e. The lowest BCUT2D eigenvalue weighted by atomic mass is 9.93. The van der Waals surface area contributed by atoms with E-state index in [1.165, 1.54) is 4.90 Å². The molecule has 1 aliphatic heterocycles. The molecule has 1 saturated heterocycles. The Kier molecular flexibility index (Phi) is 37.2. The van der Waals surface area contributed by atoms with E-state index in [1.54, 1.807) is 45.0 Å². The number of carboxylic acids is 1. The van der Waals surface area contributed by atoms with Crippen molar-refractivity contribution < 1.29 is 81.5 Å². The van der Waals surface area contributed by atoms with Crippen LogP contribution in [-0.2, 0) is 78.2 Å². The second-order valence-corrected chi connectivity index (χ2v) is 24.3. The highest BCUT2D eigenvalue weighted by atomic mass is 32.2. The predicted octanol–water partition coefficient (Wildman–Crippen LogP) is 3.59. The number of carboxylic acid groups (broad SMARTS) is 1. The second kappa shape index (κ2) is 42.1. The van der Waals surface area contributed by atoms with Gasteiger partial charge in [0.2, 0.25) is 35.4 Å². The van der Waals surface area contributed by atoms with Crippen LogP contribution in [0.3, 0.4) is 0 Å². The van der Waals surface area contributed by atoms with Gasteiger partial charge in [-0.15, -0.1) is 11.8 Å². The van der Waals surface area contributed by atoms with Crippen LogP contribution in [0.4, 0.5) is 10.5 Å². The number of thioether (sulfide) groups is 1. The summed E-state index contributed by atoms with van der Waals surface area (Å²) in [6.45, 7) is 15.8. The molecular formula is C57H93N7O17SSi. The van der Waals surface area contributed by atoms with E-state index in [2.05, 4.69) is 26.2 Å². The first-order valence-electron chi connectivity index (χ1n) is 29.0. The Hall–Kier alpha value is -5.80. The van der Waals surface area contributed by atoms with Crippen LogP contribution < -0.4 is 32.0 Å². The molecule has 1 aliphatic rings. The van der Waals surface area contributed by atoms with E-state index < -0.39 is 56.6 Å². The smallest absolute Gasteiger partial charge is 0.312 e. The molecule has 0 radical (unpaired) electrons. The number of ether oxygens (including phenoxy) is 5. The van der Waals surface area contributed by atoms with Gasteiger partial charge in [-0.25, -0.2) is 4.79 Å². The van der Waals surface area contributed by atoms with E-state index in [1.807, 2.05) is 27.7 Å². The predicted molar refractivity (Wildman–Crippen MR) is 314 cm³/mol. The Labute approximate surface area is 495 Å². The number of imide groups is 1. The molecule has 1 aromatic carbocycles. The lowest BCUT2D eigenvalue weighted by molar-refractivity contribution is -0.148. The van der Waals surface area contributed by atoms with Crippen molar-refractivity contribution >= 4 is 92.1 Å². The Morgan fingerprint density at radius 3 is 1.93 bits per heavy atom. The fraction of sp³-hybridized carbons (Fsp3) is 0.702. The average Bonchev–Trinajstić information content (AvgIpc) is 3.73. The molecule has 26 heteroatoms. The van der Waals surface area contributed by atoms with Crippen LogP contribution >= 0.6 is 11.8 Å². The summed E-state index contributed by atoms with van der Waals surface area (Å²) in [6.07, 6.45) is 2.75. The quantitative estimate of drug-likeness (QED) is 0.0212. The van der Waals surface area contributed by atoms with E-state index >= 15 is 0 Å². The van der Waals surface area contributed by atoms with Gasteiger partial charge in [0.25, 0.3) is 0 Å². The number of unbranched alkanes of at least 4 members (excludes halogenated alkanes) is 2. The number of urea groups is 1. The number of carbonyl (C=O) groups is 11. The number of Topliss-reactive ketones (excluding diaryl/α,β-unsaturated/α-hetero) is 2. The molecule has 1 aromatic rings.